The van der Waals surface area contributed by atoms with Crippen molar-refractivity contribution < 1.29 is 28.6 Å². The number of hydrogen-bond acceptors (Lipinski definition) is 8. The molecule has 0 bridgehead atoms. The van der Waals surface area contributed by atoms with E-state index in [1.807, 2.05) is 18.4 Å². The van der Waals surface area contributed by atoms with Crippen LogP contribution in [-0.4, -0.2) is 38.0 Å². The van der Waals surface area contributed by atoms with Crippen LogP contribution in [0.5, 0.6) is 5.75 Å². The first kappa shape index (κ1) is 23.9. The van der Waals surface area contributed by atoms with Gasteiger partial charge in [0.25, 0.3) is 0 Å². The zero-order valence-corrected chi connectivity index (χ0v) is 20.2. The summed E-state index contributed by atoms with van der Waals surface area (Å²) in [6, 6.07) is 11.0. The standard InChI is InChI=1S/C26H27NO6S/c1-15-23(26(30)32-11-10-31-3)24(17-6-8-19(9-7-17)33-16(2)28)25-20(27-15)13-18(14-21(25)29)22-5-4-12-34-22/h4-9,12,18,24,27H,10-11,13-14H2,1-3H3/t18-,24-/m0/s1. The molecule has 2 aromatic rings. The lowest BCUT2D eigenvalue weighted by molar-refractivity contribution is -0.140. The van der Waals surface area contributed by atoms with Crippen LogP contribution in [0.2, 0.25) is 0 Å². The largest absolute Gasteiger partial charge is 0.460 e. The molecule has 0 unspecified atom stereocenters. The van der Waals surface area contributed by atoms with Crippen molar-refractivity contribution in [2.45, 2.75) is 38.5 Å². The van der Waals surface area contributed by atoms with Crippen molar-refractivity contribution in [1.29, 1.82) is 0 Å². The smallest absolute Gasteiger partial charge is 0.336 e. The van der Waals surface area contributed by atoms with Gasteiger partial charge in [-0.05, 0) is 42.5 Å². The molecule has 2 atom stereocenters. The third-order valence-electron chi connectivity index (χ3n) is 5.99. The SMILES string of the molecule is COCCOC(=O)C1=C(C)NC2=C(C(=O)C[C@@H](c3cccs3)C2)[C@H]1c1ccc(OC(C)=O)cc1. The van der Waals surface area contributed by atoms with Crippen LogP contribution in [0, 0.1) is 0 Å². The molecule has 34 heavy (non-hydrogen) atoms. The normalized spacial score (nSPS) is 20.0. The number of thiophene rings is 1. The molecule has 4 rings (SSSR count). The molecule has 1 N–H and O–H groups in total. The van der Waals surface area contributed by atoms with Crippen LogP contribution in [0.1, 0.15) is 49.0 Å². The van der Waals surface area contributed by atoms with Crippen LogP contribution in [0.15, 0.2) is 64.3 Å². The Morgan fingerprint density at radius 2 is 1.88 bits per heavy atom. The summed E-state index contributed by atoms with van der Waals surface area (Å²) in [6.45, 7) is 3.56. The topological polar surface area (TPSA) is 90.9 Å². The van der Waals surface area contributed by atoms with E-state index >= 15 is 0 Å². The number of allylic oxidation sites excluding steroid dienone is 3. The highest BCUT2D eigenvalue weighted by Gasteiger charge is 2.41. The zero-order chi connectivity index (χ0) is 24.2. The quantitative estimate of drug-likeness (QED) is 0.360. The van der Waals surface area contributed by atoms with Crippen molar-refractivity contribution in [3.63, 3.8) is 0 Å². The molecule has 0 radical (unpaired) electrons. The average molecular weight is 482 g/mol. The van der Waals surface area contributed by atoms with Gasteiger partial charge in [-0.2, -0.15) is 0 Å². The van der Waals surface area contributed by atoms with Crippen LogP contribution in [0.3, 0.4) is 0 Å². The highest BCUT2D eigenvalue weighted by molar-refractivity contribution is 7.10. The summed E-state index contributed by atoms with van der Waals surface area (Å²) in [5.41, 5.74) is 3.26. The number of methoxy groups -OCH3 is 1. The minimum absolute atomic E-state index is 0.0101. The highest BCUT2D eigenvalue weighted by atomic mass is 32.1. The Hall–Kier alpha value is -3.23. The van der Waals surface area contributed by atoms with Crippen molar-refractivity contribution in [2.24, 2.45) is 0 Å². The molecule has 0 fully saturated rings. The molecule has 7 nitrogen and oxygen atoms in total. The van der Waals surface area contributed by atoms with Gasteiger partial charge in [-0.3, -0.25) is 9.59 Å². The van der Waals surface area contributed by atoms with E-state index in [1.54, 1.807) is 35.6 Å². The van der Waals surface area contributed by atoms with Crippen molar-refractivity contribution in [2.75, 3.05) is 20.3 Å². The van der Waals surface area contributed by atoms with Gasteiger partial charge in [0, 0.05) is 54.1 Å². The number of ketones is 1. The molecule has 0 amide bonds. The summed E-state index contributed by atoms with van der Waals surface area (Å²) in [4.78, 5) is 39.1. The molecule has 0 saturated heterocycles. The monoisotopic (exact) mass is 481 g/mol. The van der Waals surface area contributed by atoms with E-state index in [0.717, 1.165) is 11.3 Å². The van der Waals surface area contributed by atoms with E-state index < -0.39 is 17.9 Å². The van der Waals surface area contributed by atoms with E-state index in [9.17, 15) is 14.4 Å². The minimum atomic E-state index is -0.575. The fourth-order valence-corrected chi connectivity index (χ4v) is 5.39. The Balaban J connectivity index is 1.73. The summed E-state index contributed by atoms with van der Waals surface area (Å²) >= 11 is 1.65. The number of esters is 2. The number of Topliss-reactive ketones (excluding diaryl/α,β-unsaturated/α-hetero) is 1. The fourth-order valence-electron chi connectivity index (χ4n) is 4.56. The first-order chi connectivity index (χ1) is 16.4. The first-order valence-corrected chi connectivity index (χ1v) is 12.0. The number of nitrogens with one attached hydrogen (secondary N) is 1. The second-order valence-corrected chi connectivity index (χ2v) is 9.30. The third kappa shape index (κ3) is 4.98. The summed E-state index contributed by atoms with van der Waals surface area (Å²) in [5, 5.41) is 5.36. The maximum atomic E-state index is 13.5. The minimum Gasteiger partial charge on any atom is -0.460 e. The lowest BCUT2D eigenvalue weighted by Gasteiger charge is -2.36. The van der Waals surface area contributed by atoms with Gasteiger partial charge in [0.05, 0.1) is 12.2 Å². The number of carbonyl (C=O) groups excluding carboxylic acids is 3. The second kappa shape index (κ2) is 10.4. The Labute approximate surface area is 202 Å². The summed E-state index contributed by atoms with van der Waals surface area (Å²) in [6.07, 6.45) is 1.07. The van der Waals surface area contributed by atoms with Crippen LogP contribution < -0.4 is 10.1 Å². The zero-order valence-electron chi connectivity index (χ0n) is 19.4. The number of carbonyl (C=O) groups is 3. The van der Waals surface area contributed by atoms with Gasteiger partial charge in [0.15, 0.2) is 5.78 Å². The molecule has 0 spiro atoms. The summed E-state index contributed by atoms with van der Waals surface area (Å²) in [5.74, 6) is -0.966. The van der Waals surface area contributed by atoms with Crippen molar-refractivity contribution in [3.8, 4) is 5.75 Å². The van der Waals surface area contributed by atoms with Crippen LogP contribution >= 0.6 is 11.3 Å². The van der Waals surface area contributed by atoms with Gasteiger partial charge >= 0.3 is 11.9 Å². The molecule has 1 aromatic carbocycles. The lowest BCUT2D eigenvalue weighted by Crippen LogP contribution is -2.36. The summed E-state index contributed by atoms with van der Waals surface area (Å²) in [7, 11) is 1.54. The van der Waals surface area contributed by atoms with Crippen LogP contribution in [0.4, 0.5) is 0 Å². The molecule has 2 aliphatic rings. The Kier molecular flexibility index (Phi) is 7.29. The predicted octanol–water partition coefficient (Wildman–Crippen LogP) is 4.22. The molecule has 1 aliphatic heterocycles. The second-order valence-electron chi connectivity index (χ2n) is 8.32. The Morgan fingerprint density at radius 3 is 2.53 bits per heavy atom. The molecule has 0 saturated carbocycles. The van der Waals surface area contributed by atoms with E-state index in [4.69, 9.17) is 14.2 Å². The van der Waals surface area contributed by atoms with Gasteiger partial charge < -0.3 is 19.5 Å². The molecular formula is C26H27NO6S. The predicted molar refractivity (Wildman–Crippen MR) is 127 cm³/mol. The number of hydrogen-bond donors (Lipinski definition) is 1. The van der Waals surface area contributed by atoms with Crippen molar-refractivity contribution in [3.05, 3.63) is 74.8 Å². The van der Waals surface area contributed by atoms with Crippen LogP contribution in [-0.2, 0) is 23.9 Å². The molecule has 1 aromatic heterocycles. The van der Waals surface area contributed by atoms with Gasteiger partial charge in [0.2, 0.25) is 0 Å². The lowest BCUT2D eigenvalue weighted by atomic mass is 9.72. The molecule has 1 aliphatic carbocycles. The van der Waals surface area contributed by atoms with E-state index in [1.165, 1.54) is 18.9 Å². The van der Waals surface area contributed by atoms with Crippen molar-refractivity contribution in [1.82, 2.24) is 5.32 Å². The molecule has 2 heterocycles. The average Bonchev–Trinajstić information content (AvgIpc) is 3.33. The highest BCUT2D eigenvalue weighted by Crippen LogP contribution is 2.46. The Bertz CT molecular complexity index is 1150. The maximum absolute atomic E-state index is 13.5. The molecular weight excluding hydrogens is 454 g/mol. The number of benzene rings is 1. The van der Waals surface area contributed by atoms with Crippen LogP contribution in [0.25, 0.3) is 0 Å². The Morgan fingerprint density at radius 1 is 1.12 bits per heavy atom. The first-order valence-electron chi connectivity index (χ1n) is 11.1. The maximum Gasteiger partial charge on any atom is 0.336 e. The van der Waals surface area contributed by atoms with Gasteiger partial charge in [-0.1, -0.05) is 18.2 Å². The van der Waals surface area contributed by atoms with Gasteiger partial charge in [-0.15, -0.1) is 11.3 Å². The van der Waals surface area contributed by atoms with E-state index in [-0.39, 0.29) is 24.9 Å². The number of rotatable bonds is 7. The van der Waals surface area contributed by atoms with E-state index in [2.05, 4.69) is 11.4 Å². The third-order valence-corrected chi connectivity index (χ3v) is 7.02. The van der Waals surface area contributed by atoms with Crippen molar-refractivity contribution >= 4 is 29.1 Å². The van der Waals surface area contributed by atoms with Gasteiger partial charge in [0.1, 0.15) is 12.4 Å². The number of dihydropyridines is 1. The van der Waals surface area contributed by atoms with Gasteiger partial charge in [-0.25, -0.2) is 4.79 Å². The molecule has 8 heteroatoms. The molecule has 178 valence electrons. The number of ether oxygens (including phenoxy) is 3. The fraction of sp³-hybridized carbons (Fsp3) is 0.346. The van der Waals surface area contributed by atoms with E-state index in [0.29, 0.717) is 35.4 Å². The summed E-state index contributed by atoms with van der Waals surface area (Å²) < 4.78 is 15.6.